The van der Waals surface area contributed by atoms with Crippen LogP contribution in [0.5, 0.6) is 11.6 Å². The molecular weight excluding hydrogens is 240 g/mol. The maximum atomic E-state index is 5.60. The minimum atomic E-state index is 0.103. The van der Waals surface area contributed by atoms with Gasteiger partial charge in [0.05, 0.1) is 0 Å². The van der Waals surface area contributed by atoms with Crippen LogP contribution in [0.2, 0.25) is 0 Å². The highest BCUT2D eigenvalue weighted by molar-refractivity contribution is 5.40. The number of hydrogen-bond acceptors (Lipinski definition) is 5. The molecule has 2 aromatic rings. The minimum absolute atomic E-state index is 0.103. The summed E-state index contributed by atoms with van der Waals surface area (Å²) in [4.78, 5) is 7.76. The van der Waals surface area contributed by atoms with E-state index in [0.717, 1.165) is 6.42 Å². The van der Waals surface area contributed by atoms with Crippen LogP contribution < -0.4 is 16.2 Å². The van der Waals surface area contributed by atoms with Gasteiger partial charge in [0.25, 0.3) is 0 Å². The number of benzene rings is 1. The smallest absolute Gasteiger partial charge is 0.226 e. The third-order valence-electron chi connectivity index (χ3n) is 3.02. The zero-order chi connectivity index (χ0) is 13.8. The van der Waals surface area contributed by atoms with E-state index < -0.39 is 0 Å². The van der Waals surface area contributed by atoms with Crippen molar-refractivity contribution >= 4 is 11.8 Å². The number of hydrogen-bond donors (Lipinski definition) is 2. The molecule has 5 nitrogen and oxygen atoms in total. The fourth-order valence-electron chi connectivity index (χ4n) is 1.73. The molecule has 0 spiro atoms. The van der Waals surface area contributed by atoms with E-state index in [0.29, 0.717) is 23.4 Å². The second-order valence-electron chi connectivity index (χ2n) is 4.47. The lowest BCUT2D eigenvalue weighted by Gasteiger charge is -2.10. The topological polar surface area (TPSA) is 87.0 Å². The highest BCUT2D eigenvalue weighted by Crippen LogP contribution is 2.25. The van der Waals surface area contributed by atoms with Gasteiger partial charge in [-0.15, -0.1) is 0 Å². The number of nitrogen functional groups attached to an aromatic ring is 2. The first-order valence-electron chi connectivity index (χ1n) is 6.26. The summed E-state index contributed by atoms with van der Waals surface area (Å²) in [5.74, 6) is 1.98. The molecule has 1 heterocycles. The highest BCUT2D eigenvalue weighted by atomic mass is 16.5. The molecule has 19 heavy (non-hydrogen) atoms. The quantitative estimate of drug-likeness (QED) is 0.880. The van der Waals surface area contributed by atoms with Gasteiger partial charge < -0.3 is 16.2 Å². The lowest BCUT2D eigenvalue weighted by molar-refractivity contribution is 0.462. The molecule has 0 bridgehead atoms. The fraction of sp³-hybridized carbons (Fsp3) is 0.286. The van der Waals surface area contributed by atoms with Crippen molar-refractivity contribution < 1.29 is 4.74 Å². The van der Waals surface area contributed by atoms with Gasteiger partial charge in [-0.3, -0.25) is 0 Å². The van der Waals surface area contributed by atoms with Gasteiger partial charge in [0.2, 0.25) is 11.8 Å². The Kier molecular flexibility index (Phi) is 3.85. The summed E-state index contributed by atoms with van der Waals surface area (Å²) < 4.78 is 5.60. The van der Waals surface area contributed by atoms with E-state index in [1.807, 2.05) is 12.1 Å². The van der Waals surface area contributed by atoms with Crippen LogP contribution in [0.4, 0.5) is 11.8 Å². The Morgan fingerprint density at radius 1 is 1.16 bits per heavy atom. The van der Waals surface area contributed by atoms with Crippen molar-refractivity contribution in [3.05, 3.63) is 35.9 Å². The van der Waals surface area contributed by atoms with Crippen LogP contribution in [0.25, 0.3) is 0 Å². The van der Waals surface area contributed by atoms with Crippen molar-refractivity contribution in [2.75, 3.05) is 11.5 Å². The normalized spacial score (nSPS) is 12.1. The van der Waals surface area contributed by atoms with Gasteiger partial charge in [-0.25, -0.2) is 0 Å². The molecule has 4 N–H and O–H groups in total. The number of nitrogens with two attached hydrogens (primary N) is 2. The predicted octanol–water partition coefficient (Wildman–Crippen LogP) is 2.95. The Bertz CT molecular complexity index is 534. The summed E-state index contributed by atoms with van der Waals surface area (Å²) in [6, 6.07) is 9.47. The first-order chi connectivity index (χ1) is 9.08. The fourth-order valence-corrected chi connectivity index (χ4v) is 1.73. The first-order valence-corrected chi connectivity index (χ1v) is 6.26. The van der Waals surface area contributed by atoms with Gasteiger partial charge in [-0.2, -0.15) is 9.97 Å². The molecule has 0 aliphatic rings. The van der Waals surface area contributed by atoms with Crippen LogP contribution in [-0.2, 0) is 0 Å². The molecule has 0 aliphatic carbocycles. The molecule has 0 amide bonds. The molecule has 100 valence electrons. The third kappa shape index (κ3) is 3.34. The highest BCUT2D eigenvalue weighted by Gasteiger charge is 2.05. The van der Waals surface area contributed by atoms with E-state index in [-0.39, 0.29) is 5.95 Å². The lowest BCUT2D eigenvalue weighted by Crippen LogP contribution is -2.00. The summed E-state index contributed by atoms with van der Waals surface area (Å²) >= 11 is 0. The van der Waals surface area contributed by atoms with E-state index >= 15 is 0 Å². The number of ether oxygens (including phenoxy) is 1. The molecule has 0 aliphatic heterocycles. The van der Waals surface area contributed by atoms with Crippen molar-refractivity contribution in [1.82, 2.24) is 9.97 Å². The van der Waals surface area contributed by atoms with Crippen LogP contribution in [0.15, 0.2) is 30.3 Å². The van der Waals surface area contributed by atoms with Crippen molar-refractivity contribution in [1.29, 1.82) is 0 Å². The average molecular weight is 258 g/mol. The molecule has 0 radical (unpaired) electrons. The number of rotatable bonds is 4. The summed E-state index contributed by atoms with van der Waals surface area (Å²) in [6.07, 6.45) is 1.11. The van der Waals surface area contributed by atoms with Crippen LogP contribution in [0.1, 0.15) is 31.7 Å². The van der Waals surface area contributed by atoms with Crippen molar-refractivity contribution in [2.45, 2.75) is 26.2 Å². The largest absolute Gasteiger partial charge is 0.439 e. The Morgan fingerprint density at radius 3 is 2.42 bits per heavy atom. The summed E-state index contributed by atoms with van der Waals surface area (Å²) in [5.41, 5.74) is 12.4. The van der Waals surface area contributed by atoms with E-state index in [1.54, 1.807) is 6.07 Å². The van der Waals surface area contributed by atoms with Crippen LogP contribution >= 0.6 is 0 Å². The van der Waals surface area contributed by atoms with E-state index in [1.165, 1.54) is 5.56 Å². The van der Waals surface area contributed by atoms with E-state index in [9.17, 15) is 0 Å². The van der Waals surface area contributed by atoms with Gasteiger partial charge in [0.1, 0.15) is 11.6 Å². The molecule has 2 rings (SSSR count). The molecule has 5 heteroatoms. The SMILES string of the molecule is CCC(C)c1ccc(Oc2cc(N)nc(N)n2)cc1. The standard InChI is InChI=1S/C14H18N4O/c1-3-9(2)10-4-6-11(7-5-10)19-13-8-12(15)17-14(16)18-13/h4-9H,3H2,1-2H3,(H4,15,16,17,18). The number of nitrogens with zero attached hydrogens (tertiary/aromatic N) is 2. The predicted molar refractivity (Wildman–Crippen MR) is 76.1 cm³/mol. The van der Waals surface area contributed by atoms with E-state index in [2.05, 4.69) is 35.9 Å². The molecular formula is C14H18N4O. The monoisotopic (exact) mass is 258 g/mol. The Morgan fingerprint density at radius 2 is 1.84 bits per heavy atom. The molecule has 0 fully saturated rings. The van der Waals surface area contributed by atoms with Crippen molar-refractivity contribution in [3.8, 4) is 11.6 Å². The zero-order valence-electron chi connectivity index (χ0n) is 11.1. The Balaban J connectivity index is 2.15. The number of anilines is 2. The summed E-state index contributed by atoms with van der Waals surface area (Å²) in [5, 5.41) is 0. The molecule has 1 aromatic carbocycles. The molecule has 0 saturated heterocycles. The molecule has 1 unspecified atom stereocenters. The first kappa shape index (κ1) is 13.1. The van der Waals surface area contributed by atoms with Gasteiger partial charge in [-0.05, 0) is 30.0 Å². The van der Waals surface area contributed by atoms with Crippen LogP contribution in [0, 0.1) is 0 Å². The van der Waals surface area contributed by atoms with Gasteiger partial charge in [0, 0.05) is 6.07 Å². The van der Waals surface area contributed by atoms with Gasteiger partial charge in [0.15, 0.2) is 0 Å². The Hall–Kier alpha value is -2.30. The number of aromatic nitrogens is 2. The third-order valence-corrected chi connectivity index (χ3v) is 3.02. The second kappa shape index (κ2) is 5.56. The molecule has 1 aromatic heterocycles. The maximum Gasteiger partial charge on any atom is 0.226 e. The van der Waals surface area contributed by atoms with Gasteiger partial charge >= 0.3 is 0 Å². The molecule has 0 saturated carbocycles. The van der Waals surface area contributed by atoms with Crippen LogP contribution in [0.3, 0.4) is 0 Å². The van der Waals surface area contributed by atoms with Crippen LogP contribution in [-0.4, -0.2) is 9.97 Å². The van der Waals surface area contributed by atoms with Crippen molar-refractivity contribution in [3.63, 3.8) is 0 Å². The van der Waals surface area contributed by atoms with E-state index in [4.69, 9.17) is 16.2 Å². The van der Waals surface area contributed by atoms with Gasteiger partial charge in [-0.1, -0.05) is 26.0 Å². The maximum absolute atomic E-state index is 5.60. The molecule has 1 atom stereocenters. The second-order valence-corrected chi connectivity index (χ2v) is 4.47. The zero-order valence-corrected chi connectivity index (χ0v) is 11.1. The minimum Gasteiger partial charge on any atom is -0.439 e. The summed E-state index contributed by atoms with van der Waals surface area (Å²) in [6.45, 7) is 4.36. The van der Waals surface area contributed by atoms with Crippen molar-refractivity contribution in [2.24, 2.45) is 0 Å². The lowest BCUT2D eigenvalue weighted by atomic mass is 9.99. The summed E-state index contributed by atoms with van der Waals surface area (Å²) in [7, 11) is 0. The Labute approximate surface area is 112 Å². The average Bonchev–Trinajstić information content (AvgIpc) is 2.37.